The molecular formula is C19H23N5O. The van der Waals surface area contributed by atoms with Gasteiger partial charge in [-0.05, 0) is 25.0 Å². The first-order valence-corrected chi connectivity index (χ1v) is 8.97. The standard InChI is InChI=1S/C19H23N5O/c25-19(24-8-4-5-9-24)17-14-21-18(15-20-17)23-12-10-22(11-13-23)16-6-2-1-3-7-16/h1-3,6-7,14-15H,4-5,8-13H2. The number of nitrogens with zero attached hydrogens (tertiary/aromatic N) is 5. The van der Waals surface area contributed by atoms with Crippen LogP contribution in [-0.4, -0.2) is 60.0 Å². The van der Waals surface area contributed by atoms with Crippen molar-refractivity contribution in [3.63, 3.8) is 0 Å². The minimum Gasteiger partial charge on any atom is -0.368 e. The predicted molar refractivity (Wildman–Crippen MR) is 98.0 cm³/mol. The van der Waals surface area contributed by atoms with Crippen molar-refractivity contribution in [2.45, 2.75) is 12.8 Å². The number of likely N-dealkylation sites (tertiary alicyclic amines) is 1. The topological polar surface area (TPSA) is 52.6 Å². The quantitative estimate of drug-likeness (QED) is 0.858. The molecule has 25 heavy (non-hydrogen) atoms. The Morgan fingerprint density at radius 1 is 0.800 bits per heavy atom. The van der Waals surface area contributed by atoms with Gasteiger partial charge < -0.3 is 14.7 Å². The van der Waals surface area contributed by atoms with Crippen LogP contribution in [0.15, 0.2) is 42.7 Å². The van der Waals surface area contributed by atoms with Gasteiger partial charge in [-0.1, -0.05) is 18.2 Å². The van der Waals surface area contributed by atoms with Crippen molar-refractivity contribution in [3.05, 3.63) is 48.4 Å². The van der Waals surface area contributed by atoms with Crippen molar-refractivity contribution in [2.24, 2.45) is 0 Å². The van der Waals surface area contributed by atoms with E-state index in [2.05, 4.69) is 44.0 Å². The van der Waals surface area contributed by atoms with Crippen LogP contribution in [0.25, 0.3) is 0 Å². The van der Waals surface area contributed by atoms with Crippen LogP contribution in [0.1, 0.15) is 23.3 Å². The summed E-state index contributed by atoms with van der Waals surface area (Å²) < 4.78 is 0. The van der Waals surface area contributed by atoms with Crippen LogP contribution in [0.5, 0.6) is 0 Å². The molecule has 6 nitrogen and oxygen atoms in total. The van der Waals surface area contributed by atoms with E-state index in [-0.39, 0.29) is 5.91 Å². The predicted octanol–water partition coefficient (Wildman–Crippen LogP) is 2.04. The Morgan fingerprint density at radius 3 is 2.12 bits per heavy atom. The van der Waals surface area contributed by atoms with Crippen LogP contribution in [0.3, 0.4) is 0 Å². The maximum absolute atomic E-state index is 12.3. The third-order valence-electron chi connectivity index (χ3n) is 4.98. The summed E-state index contributed by atoms with van der Waals surface area (Å²) in [4.78, 5) is 27.7. The molecule has 2 aliphatic rings. The van der Waals surface area contributed by atoms with Crippen molar-refractivity contribution >= 4 is 17.4 Å². The van der Waals surface area contributed by atoms with Crippen molar-refractivity contribution in [2.75, 3.05) is 49.1 Å². The summed E-state index contributed by atoms with van der Waals surface area (Å²) in [5, 5.41) is 0. The number of aromatic nitrogens is 2. The van der Waals surface area contributed by atoms with Crippen molar-refractivity contribution in [1.82, 2.24) is 14.9 Å². The lowest BCUT2D eigenvalue weighted by molar-refractivity contribution is 0.0786. The van der Waals surface area contributed by atoms with Gasteiger partial charge in [-0.25, -0.2) is 9.97 Å². The van der Waals surface area contributed by atoms with E-state index in [4.69, 9.17) is 0 Å². The Balaban J connectivity index is 1.37. The highest BCUT2D eigenvalue weighted by atomic mass is 16.2. The molecular weight excluding hydrogens is 314 g/mol. The van der Waals surface area contributed by atoms with Gasteiger partial charge >= 0.3 is 0 Å². The van der Waals surface area contributed by atoms with Crippen LogP contribution in [0.4, 0.5) is 11.5 Å². The number of rotatable bonds is 3. The lowest BCUT2D eigenvalue weighted by Gasteiger charge is -2.36. The second-order valence-corrected chi connectivity index (χ2v) is 6.57. The Labute approximate surface area is 148 Å². The highest BCUT2D eigenvalue weighted by Gasteiger charge is 2.22. The average molecular weight is 337 g/mol. The number of piperazine rings is 1. The van der Waals surface area contributed by atoms with Crippen LogP contribution < -0.4 is 9.80 Å². The van der Waals surface area contributed by atoms with E-state index in [1.165, 1.54) is 5.69 Å². The molecule has 6 heteroatoms. The number of para-hydroxylation sites is 1. The SMILES string of the molecule is O=C(c1cnc(N2CCN(c3ccccc3)CC2)cn1)N1CCCC1. The molecule has 2 fully saturated rings. The minimum absolute atomic E-state index is 0.00504. The Bertz CT molecular complexity index is 704. The summed E-state index contributed by atoms with van der Waals surface area (Å²) in [7, 11) is 0. The fourth-order valence-corrected chi connectivity index (χ4v) is 3.51. The summed E-state index contributed by atoms with van der Waals surface area (Å²) in [6.07, 6.45) is 5.53. The largest absolute Gasteiger partial charge is 0.368 e. The van der Waals surface area contributed by atoms with Crippen LogP contribution in [0, 0.1) is 0 Å². The monoisotopic (exact) mass is 337 g/mol. The van der Waals surface area contributed by atoms with Gasteiger partial charge in [0.15, 0.2) is 0 Å². The van der Waals surface area contributed by atoms with Gasteiger partial charge in [0.2, 0.25) is 0 Å². The first kappa shape index (κ1) is 15.9. The zero-order valence-corrected chi connectivity index (χ0v) is 14.3. The molecule has 0 spiro atoms. The van der Waals surface area contributed by atoms with Gasteiger partial charge in [0.05, 0.1) is 12.4 Å². The molecule has 130 valence electrons. The average Bonchev–Trinajstić information content (AvgIpc) is 3.23. The van der Waals surface area contributed by atoms with Crippen molar-refractivity contribution in [1.29, 1.82) is 0 Å². The minimum atomic E-state index is 0.00504. The number of anilines is 2. The van der Waals surface area contributed by atoms with Crippen molar-refractivity contribution in [3.8, 4) is 0 Å². The highest BCUT2D eigenvalue weighted by Crippen LogP contribution is 2.19. The Kier molecular flexibility index (Phi) is 4.50. The van der Waals surface area contributed by atoms with Gasteiger partial charge in [0, 0.05) is 45.0 Å². The fourth-order valence-electron chi connectivity index (χ4n) is 3.51. The zero-order chi connectivity index (χ0) is 17.1. The van der Waals surface area contributed by atoms with Gasteiger partial charge in [-0.2, -0.15) is 0 Å². The fraction of sp³-hybridized carbons (Fsp3) is 0.421. The summed E-state index contributed by atoms with van der Waals surface area (Å²) in [6, 6.07) is 10.5. The summed E-state index contributed by atoms with van der Waals surface area (Å²) in [5.74, 6) is 0.858. The normalized spacial score (nSPS) is 17.8. The molecule has 4 rings (SSSR count). The molecule has 0 N–H and O–H groups in total. The summed E-state index contributed by atoms with van der Waals surface area (Å²) in [6.45, 7) is 5.40. The van der Waals surface area contributed by atoms with E-state index in [0.717, 1.165) is 57.9 Å². The second-order valence-electron chi connectivity index (χ2n) is 6.57. The van der Waals surface area contributed by atoms with E-state index in [9.17, 15) is 4.79 Å². The van der Waals surface area contributed by atoms with Gasteiger partial charge in [0.25, 0.3) is 5.91 Å². The van der Waals surface area contributed by atoms with Crippen LogP contribution >= 0.6 is 0 Å². The zero-order valence-electron chi connectivity index (χ0n) is 14.3. The molecule has 2 saturated heterocycles. The number of hydrogen-bond acceptors (Lipinski definition) is 5. The molecule has 1 aromatic heterocycles. The molecule has 3 heterocycles. The van der Waals surface area contributed by atoms with Crippen molar-refractivity contribution < 1.29 is 4.79 Å². The number of hydrogen-bond donors (Lipinski definition) is 0. The lowest BCUT2D eigenvalue weighted by Crippen LogP contribution is -2.46. The number of carbonyl (C=O) groups is 1. The molecule has 1 aromatic carbocycles. The van der Waals surface area contributed by atoms with Gasteiger partial charge in [0.1, 0.15) is 11.5 Å². The molecule has 1 amide bonds. The molecule has 2 aliphatic heterocycles. The Hall–Kier alpha value is -2.63. The van der Waals surface area contributed by atoms with E-state index < -0.39 is 0 Å². The first-order valence-electron chi connectivity index (χ1n) is 8.97. The van der Waals surface area contributed by atoms with E-state index in [0.29, 0.717) is 5.69 Å². The maximum Gasteiger partial charge on any atom is 0.274 e. The van der Waals surface area contributed by atoms with E-state index in [1.54, 1.807) is 12.4 Å². The second kappa shape index (κ2) is 7.09. The third kappa shape index (κ3) is 3.43. The Morgan fingerprint density at radius 2 is 1.48 bits per heavy atom. The smallest absolute Gasteiger partial charge is 0.274 e. The maximum atomic E-state index is 12.3. The van der Waals surface area contributed by atoms with E-state index in [1.807, 2.05) is 11.0 Å². The van der Waals surface area contributed by atoms with E-state index >= 15 is 0 Å². The van der Waals surface area contributed by atoms with Crippen LogP contribution in [0.2, 0.25) is 0 Å². The number of carbonyl (C=O) groups excluding carboxylic acids is 1. The molecule has 2 aromatic rings. The molecule has 0 atom stereocenters. The lowest BCUT2D eigenvalue weighted by atomic mass is 10.2. The molecule has 0 aliphatic carbocycles. The van der Waals surface area contributed by atoms with Crippen LogP contribution in [-0.2, 0) is 0 Å². The first-order chi connectivity index (χ1) is 12.3. The highest BCUT2D eigenvalue weighted by molar-refractivity contribution is 5.92. The molecule has 0 unspecified atom stereocenters. The van der Waals surface area contributed by atoms with Gasteiger partial charge in [-0.15, -0.1) is 0 Å². The summed E-state index contributed by atoms with van der Waals surface area (Å²) in [5.41, 5.74) is 1.72. The van der Waals surface area contributed by atoms with Gasteiger partial charge in [-0.3, -0.25) is 4.79 Å². The summed E-state index contributed by atoms with van der Waals surface area (Å²) >= 11 is 0. The molecule has 0 saturated carbocycles. The molecule has 0 bridgehead atoms. The molecule has 0 radical (unpaired) electrons. The third-order valence-corrected chi connectivity index (χ3v) is 4.98. The number of benzene rings is 1. The number of amides is 1.